The van der Waals surface area contributed by atoms with Crippen LogP contribution in [0.15, 0.2) is 39.4 Å². The molecular formula is C16H13F2N11O2S. The number of nitrogens with zero attached hydrogens (tertiary/aromatic N) is 9. The lowest BCUT2D eigenvalue weighted by Gasteiger charge is -2.05. The molecule has 32 heavy (non-hydrogen) atoms. The lowest BCUT2D eigenvalue weighted by molar-refractivity contribution is 0.0949. The predicted octanol–water partition coefficient (Wildman–Crippen LogP) is 0.695. The van der Waals surface area contributed by atoms with E-state index in [1.54, 1.807) is 11.6 Å². The molecule has 4 aromatic rings. The molecule has 1 amide bonds. The zero-order chi connectivity index (χ0) is 22.7. The first-order valence-electron chi connectivity index (χ1n) is 8.72. The van der Waals surface area contributed by atoms with Gasteiger partial charge in [0, 0.05) is 24.4 Å². The molecular weight excluding hydrogens is 448 g/mol. The van der Waals surface area contributed by atoms with Gasteiger partial charge in [-0.05, 0) is 22.4 Å². The van der Waals surface area contributed by atoms with Gasteiger partial charge in [-0.1, -0.05) is 17.0 Å². The minimum Gasteiger partial charge on any atom is -0.378 e. The highest BCUT2D eigenvalue weighted by Crippen LogP contribution is 2.24. The van der Waals surface area contributed by atoms with Crippen LogP contribution in [-0.2, 0) is 12.8 Å². The Kier molecular flexibility index (Phi) is 5.84. The average Bonchev–Trinajstić information content (AvgIpc) is 3.47. The van der Waals surface area contributed by atoms with Gasteiger partial charge < -0.3 is 10.3 Å². The number of nitrogens with two attached hydrogens (primary N) is 1. The molecule has 0 bridgehead atoms. The second-order valence-corrected chi connectivity index (χ2v) is 7.09. The molecule has 164 valence electrons. The number of nitrogen functional groups attached to an aromatic ring is 1. The van der Waals surface area contributed by atoms with Gasteiger partial charge in [0.25, 0.3) is 5.91 Å². The first kappa shape index (κ1) is 21.0. The summed E-state index contributed by atoms with van der Waals surface area (Å²) in [6.07, 6.45) is 2.55. The summed E-state index contributed by atoms with van der Waals surface area (Å²) < 4.78 is 34.2. The molecule has 0 aliphatic rings. The molecule has 13 nitrogen and oxygen atoms in total. The molecule has 0 atom stereocenters. The number of aryl methyl sites for hydroxylation is 1. The number of benzene rings is 1. The number of thioether (sulfide) groups is 1. The van der Waals surface area contributed by atoms with E-state index in [1.165, 1.54) is 28.8 Å². The Bertz CT molecular complexity index is 1300. The molecule has 0 saturated carbocycles. The molecule has 4 rings (SSSR count). The summed E-state index contributed by atoms with van der Waals surface area (Å²) in [5, 5.41) is 27.0. The van der Waals surface area contributed by atoms with E-state index in [2.05, 4.69) is 46.0 Å². The van der Waals surface area contributed by atoms with Crippen molar-refractivity contribution in [3.05, 3.63) is 53.1 Å². The second-order valence-electron chi connectivity index (χ2n) is 6.15. The minimum absolute atomic E-state index is 0.0186. The Labute approximate surface area is 181 Å². The number of anilines is 1. The summed E-state index contributed by atoms with van der Waals surface area (Å²) in [7, 11) is 1.76. The van der Waals surface area contributed by atoms with Crippen LogP contribution in [0.1, 0.15) is 21.7 Å². The van der Waals surface area contributed by atoms with E-state index in [0.29, 0.717) is 16.9 Å². The quantitative estimate of drug-likeness (QED) is 0.227. The van der Waals surface area contributed by atoms with Crippen molar-refractivity contribution < 1.29 is 18.2 Å². The summed E-state index contributed by atoms with van der Waals surface area (Å²) >= 11 is 1.25. The molecule has 0 aliphatic heterocycles. The van der Waals surface area contributed by atoms with Crippen molar-refractivity contribution in [3.63, 3.8) is 0 Å². The number of halogens is 2. The molecule has 1 aromatic carbocycles. The van der Waals surface area contributed by atoms with E-state index in [9.17, 15) is 13.6 Å². The van der Waals surface area contributed by atoms with E-state index < -0.39 is 17.5 Å². The average molecular weight is 461 g/mol. The molecule has 0 saturated heterocycles. The zero-order valence-corrected chi connectivity index (χ0v) is 17.0. The van der Waals surface area contributed by atoms with E-state index in [0.717, 1.165) is 12.3 Å². The van der Waals surface area contributed by atoms with Gasteiger partial charge in [-0.3, -0.25) is 4.79 Å². The molecule has 0 unspecified atom stereocenters. The third-order valence-corrected chi connectivity index (χ3v) is 5.06. The van der Waals surface area contributed by atoms with Crippen LogP contribution in [0.4, 0.5) is 14.6 Å². The Morgan fingerprint density at radius 1 is 1.34 bits per heavy atom. The Morgan fingerprint density at radius 3 is 2.88 bits per heavy atom. The van der Waals surface area contributed by atoms with Crippen molar-refractivity contribution in [1.82, 2.24) is 45.5 Å². The number of hydrogen-bond donors (Lipinski definition) is 2. The summed E-state index contributed by atoms with van der Waals surface area (Å²) in [4.78, 5) is 12.7. The number of amides is 1. The van der Waals surface area contributed by atoms with Crippen LogP contribution in [0.3, 0.4) is 0 Å². The van der Waals surface area contributed by atoms with Crippen molar-refractivity contribution in [2.24, 2.45) is 12.1 Å². The number of nitrogens with one attached hydrogen (secondary N) is 1. The van der Waals surface area contributed by atoms with Crippen molar-refractivity contribution in [1.29, 1.82) is 0 Å². The summed E-state index contributed by atoms with van der Waals surface area (Å²) in [6.45, 7) is 0. The lowest BCUT2D eigenvalue weighted by atomic mass is 10.2. The van der Waals surface area contributed by atoms with Gasteiger partial charge in [0.05, 0.1) is 11.9 Å². The van der Waals surface area contributed by atoms with Gasteiger partial charge in [-0.25, -0.2) is 18.8 Å². The Morgan fingerprint density at radius 2 is 2.19 bits per heavy atom. The van der Waals surface area contributed by atoms with Gasteiger partial charge >= 0.3 is 0 Å². The van der Waals surface area contributed by atoms with Crippen LogP contribution in [0.2, 0.25) is 0 Å². The topological polar surface area (TPSA) is 168 Å². The van der Waals surface area contributed by atoms with Gasteiger partial charge in [0.15, 0.2) is 10.9 Å². The van der Waals surface area contributed by atoms with Crippen LogP contribution < -0.4 is 11.2 Å². The molecule has 0 fully saturated rings. The third-order valence-electron chi connectivity index (χ3n) is 4.01. The molecule has 0 aliphatic carbocycles. The van der Waals surface area contributed by atoms with Crippen molar-refractivity contribution >= 4 is 29.7 Å². The standard InChI is InChI=1S/C16H13F2N11O2S/c1-28-7-21-24-16(28)32-6-11-12(22-27-29(11)14-13(19)25-31-26-14)15(30)23-20-5-8-2-3-9(17)4-10(8)18/h2-5,7H,6H2,1H3,(H2,19,25)(H,23,30)/b20-5-. The van der Waals surface area contributed by atoms with Crippen LogP contribution >= 0.6 is 11.8 Å². The van der Waals surface area contributed by atoms with Gasteiger partial charge in [-0.2, -0.15) is 9.78 Å². The maximum absolute atomic E-state index is 13.7. The molecule has 0 spiro atoms. The second kappa shape index (κ2) is 8.88. The summed E-state index contributed by atoms with van der Waals surface area (Å²) in [6, 6.07) is 2.95. The number of aromatic nitrogens is 8. The number of carbonyl (C=O) groups is 1. The molecule has 16 heteroatoms. The van der Waals surface area contributed by atoms with Crippen LogP contribution in [-0.4, -0.2) is 52.2 Å². The van der Waals surface area contributed by atoms with Gasteiger partial charge in [0.1, 0.15) is 18.0 Å². The molecule has 0 radical (unpaired) electrons. The van der Waals surface area contributed by atoms with E-state index in [-0.39, 0.29) is 28.6 Å². The maximum atomic E-state index is 13.7. The highest BCUT2D eigenvalue weighted by Gasteiger charge is 2.24. The number of hydrogen-bond acceptors (Lipinski definition) is 11. The monoisotopic (exact) mass is 461 g/mol. The highest BCUT2D eigenvalue weighted by molar-refractivity contribution is 7.98. The SMILES string of the molecule is Cn1cnnc1SCc1c(C(=O)N/N=C\c2ccc(F)cc2F)nnn1-c1nonc1N. The smallest absolute Gasteiger partial charge is 0.293 e. The normalized spacial score (nSPS) is 11.3. The molecule has 3 heterocycles. The van der Waals surface area contributed by atoms with Gasteiger partial charge in [0.2, 0.25) is 11.6 Å². The van der Waals surface area contributed by atoms with Gasteiger partial charge in [-0.15, -0.1) is 15.3 Å². The maximum Gasteiger partial charge on any atom is 0.293 e. The third kappa shape index (κ3) is 4.29. The Hall–Kier alpha value is -4.21. The number of rotatable bonds is 7. The van der Waals surface area contributed by atoms with Crippen LogP contribution in [0.5, 0.6) is 0 Å². The lowest BCUT2D eigenvalue weighted by Crippen LogP contribution is -2.20. The summed E-state index contributed by atoms with van der Waals surface area (Å²) in [5.74, 6) is -2.14. The number of carbonyl (C=O) groups excluding carboxylic acids is 1. The number of hydrazone groups is 1. The summed E-state index contributed by atoms with van der Waals surface area (Å²) in [5.41, 5.74) is 8.14. The minimum atomic E-state index is -0.830. The Balaban J connectivity index is 1.58. The van der Waals surface area contributed by atoms with Crippen molar-refractivity contribution in [2.75, 3.05) is 5.73 Å². The fourth-order valence-corrected chi connectivity index (χ4v) is 3.35. The fraction of sp³-hybridized carbons (Fsp3) is 0.125. The van der Waals surface area contributed by atoms with E-state index >= 15 is 0 Å². The highest BCUT2D eigenvalue weighted by atomic mass is 32.2. The van der Waals surface area contributed by atoms with E-state index in [4.69, 9.17) is 5.73 Å². The first-order valence-corrected chi connectivity index (χ1v) is 9.71. The van der Waals surface area contributed by atoms with Crippen molar-refractivity contribution in [3.8, 4) is 5.82 Å². The van der Waals surface area contributed by atoms with Crippen LogP contribution in [0.25, 0.3) is 5.82 Å². The fourth-order valence-electron chi connectivity index (χ4n) is 2.47. The van der Waals surface area contributed by atoms with Crippen molar-refractivity contribution in [2.45, 2.75) is 10.9 Å². The predicted molar refractivity (Wildman–Crippen MR) is 106 cm³/mol. The largest absolute Gasteiger partial charge is 0.378 e. The van der Waals surface area contributed by atoms with Crippen LogP contribution in [0, 0.1) is 11.6 Å². The molecule has 3 aromatic heterocycles. The van der Waals surface area contributed by atoms with E-state index in [1.807, 2.05) is 0 Å². The zero-order valence-electron chi connectivity index (χ0n) is 16.2. The molecule has 3 N–H and O–H groups in total. The first-order chi connectivity index (χ1) is 15.4.